The van der Waals surface area contributed by atoms with Crippen LogP contribution in [-0.2, 0) is 6.42 Å². The second-order valence-corrected chi connectivity index (χ2v) is 6.19. The third kappa shape index (κ3) is 2.76. The van der Waals surface area contributed by atoms with Crippen LogP contribution in [0.4, 0.5) is 0 Å². The average Bonchev–Trinajstić information content (AvgIpc) is 2.93. The zero-order valence-electron chi connectivity index (χ0n) is 11.8. The van der Waals surface area contributed by atoms with E-state index in [1.165, 1.54) is 11.3 Å². The van der Waals surface area contributed by atoms with Crippen LogP contribution in [-0.4, -0.2) is 27.8 Å². The molecule has 2 heterocycles. The molecule has 1 aliphatic heterocycles. The second-order valence-electron chi connectivity index (χ2n) is 5.04. The minimum Gasteiger partial charge on any atom is -0.237 e. The maximum Gasteiger partial charge on any atom is 0.0648 e. The predicted octanol–water partition coefficient (Wildman–Crippen LogP) is 3.22. The van der Waals surface area contributed by atoms with Crippen molar-refractivity contribution < 1.29 is 0 Å². The Labute approximate surface area is 124 Å². The third-order valence-corrected chi connectivity index (χ3v) is 4.63. The Hall–Kier alpha value is -1.26. The Morgan fingerprint density at radius 1 is 1.30 bits per heavy atom. The average molecular weight is 286 g/mol. The molecule has 105 valence electrons. The quantitative estimate of drug-likeness (QED) is 0.864. The molecule has 20 heavy (non-hydrogen) atoms. The first-order valence-electron chi connectivity index (χ1n) is 7.26. The van der Waals surface area contributed by atoms with Crippen molar-refractivity contribution in [1.82, 2.24) is 15.1 Å². The van der Waals surface area contributed by atoms with Crippen molar-refractivity contribution in [2.45, 2.75) is 25.8 Å². The Balaban J connectivity index is 1.97. The zero-order chi connectivity index (χ0) is 13.8. The van der Waals surface area contributed by atoms with E-state index in [1.54, 1.807) is 0 Å². The first-order chi connectivity index (χ1) is 9.90. The van der Waals surface area contributed by atoms with Gasteiger partial charge in [-0.2, -0.15) is 16.9 Å². The number of nitrogens with zero attached hydrogens (tertiary/aromatic N) is 3. The van der Waals surface area contributed by atoms with Gasteiger partial charge in [-0.05, 0) is 18.6 Å². The van der Waals surface area contributed by atoms with Crippen molar-refractivity contribution in [2.75, 3.05) is 18.1 Å². The number of thioether (sulfide) groups is 1. The number of benzene rings is 1. The SMILES string of the molecule is CCCc1c(C2CSCC[N]2)cnn1-c1ccccc1. The first kappa shape index (κ1) is 13.7. The highest BCUT2D eigenvalue weighted by Gasteiger charge is 2.22. The first-order valence-corrected chi connectivity index (χ1v) is 8.42. The molecule has 0 bridgehead atoms. The van der Waals surface area contributed by atoms with Crippen molar-refractivity contribution in [3.8, 4) is 5.69 Å². The largest absolute Gasteiger partial charge is 0.237 e. The topological polar surface area (TPSA) is 31.9 Å². The summed E-state index contributed by atoms with van der Waals surface area (Å²) in [6.07, 6.45) is 4.21. The van der Waals surface area contributed by atoms with E-state index in [0.29, 0.717) is 6.04 Å². The van der Waals surface area contributed by atoms with E-state index in [-0.39, 0.29) is 0 Å². The molecule has 4 heteroatoms. The van der Waals surface area contributed by atoms with Crippen LogP contribution in [0.3, 0.4) is 0 Å². The van der Waals surface area contributed by atoms with Crippen molar-refractivity contribution >= 4 is 11.8 Å². The lowest BCUT2D eigenvalue weighted by atomic mass is 10.1. The van der Waals surface area contributed by atoms with Gasteiger partial charge in [0.25, 0.3) is 0 Å². The van der Waals surface area contributed by atoms with E-state index in [2.05, 4.69) is 41.0 Å². The summed E-state index contributed by atoms with van der Waals surface area (Å²) >= 11 is 2.00. The van der Waals surface area contributed by atoms with Gasteiger partial charge in [0, 0.05) is 29.3 Å². The number of hydrogen-bond acceptors (Lipinski definition) is 2. The lowest BCUT2D eigenvalue weighted by Crippen LogP contribution is -2.24. The van der Waals surface area contributed by atoms with E-state index in [4.69, 9.17) is 5.32 Å². The fourth-order valence-electron chi connectivity index (χ4n) is 2.65. The molecule has 0 spiro atoms. The molecule has 1 fully saturated rings. The van der Waals surface area contributed by atoms with E-state index >= 15 is 0 Å². The molecule has 1 aromatic carbocycles. The van der Waals surface area contributed by atoms with Gasteiger partial charge in [-0.3, -0.25) is 0 Å². The van der Waals surface area contributed by atoms with Gasteiger partial charge in [0.1, 0.15) is 0 Å². The molecule has 1 aromatic heterocycles. The Kier molecular flexibility index (Phi) is 4.43. The van der Waals surface area contributed by atoms with Gasteiger partial charge in [-0.15, -0.1) is 0 Å². The highest BCUT2D eigenvalue weighted by molar-refractivity contribution is 7.99. The highest BCUT2D eigenvalue weighted by atomic mass is 32.2. The molecule has 1 atom stereocenters. The summed E-state index contributed by atoms with van der Waals surface area (Å²) in [5, 5.41) is 9.40. The fraction of sp³-hybridized carbons (Fsp3) is 0.438. The van der Waals surface area contributed by atoms with Gasteiger partial charge in [0.15, 0.2) is 0 Å². The molecule has 0 saturated carbocycles. The molecule has 0 N–H and O–H groups in total. The molecule has 1 saturated heterocycles. The van der Waals surface area contributed by atoms with Crippen LogP contribution >= 0.6 is 11.8 Å². The molecule has 3 nitrogen and oxygen atoms in total. The molecule has 0 aliphatic carbocycles. The molecular formula is C16H20N3S. The maximum atomic E-state index is 4.78. The smallest absolute Gasteiger partial charge is 0.0648 e. The zero-order valence-corrected chi connectivity index (χ0v) is 12.6. The summed E-state index contributed by atoms with van der Waals surface area (Å²) in [7, 11) is 0. The summed E-state index contributed by atoms with van der Waals surface area (Å²) in [5.41, 5.74) is 3.79. The number of aromatic nitrogens is 2. The van der Waals surface area contributed by atoms with Crippen LogP contribution < -0.4 is 5.32 Å². The van der Waals surface area contributed by atoms with Crippen LogP contribution in [0.5, 0.6) is 0 Å². The molecular weight excluding hydrogens is 266 g/mol. The van der Waals surface area contributed by atoms with Gasteiger partial charge >= 0.3 is 0 Å². The Morgan fingerprint density at radius 2 is 2.15 bits per heavy atom. The third-order valence-electron chi connectivity index (χ3n) is 3.61. The van der Waals surface area contributed by atoms with Crippen molar-refractivity contribution in [2.24, 2.45) is 0 Å². The molecule has 1 unspecified atom stereocenters. The normalized spacial score (nSPS) is 19.1. The Morgan fingerprint density at radius 3 is 2.85 bits per heavy atom. The predicted molar refractivity (Wildman–Crippen MR) is 84.6 cm³/mol. The van der Waals surface area contributed by atoms with Crippen LogP contribution in [0.2, 0.25) is 0 Å². The second kappa shape index (κ2) is 6.46. The molecule has 3 rings (SSSR count). The van der Waals surface area contributed by atoms with Gasteiger partial charge < -0.3 is 0 Å². The summed E-state index contributed by atoms with van der Waals surface area (Å²) < 4.78 is 2.09. The van der Waals surface area contributed by atoms with Crippen LogP contribution in [0.25, 0.3) is 5.69 Å². The monoisotopic (exact) mass is 286 g/mol. The summed E-state index contributed by atoms with van der Waals surface area (Å²) in [4.78, 5) is 0. The molecule has 1 radical (unpaired) electrons. The summed E-state index contributed by atoms with van der Waals surface area (Å²) in [5.74, 6) is 2.25. The number of hydrogen-bond donors (Lipinski definition) is 0. The van der Waals surface area contributed by atoms with Gasteiger partial charge in [-0.1, -0.05) is 31.5 Å². The highest BCUT2D eigenvalue weighted by Crippen LogP contribution is 2.28. The standard InChI is InChI=1S/C16H20N3S/c1-2-6-16-14(15-12-20-10-9-17-15)11-18-19(16)13-7-4-3-5-8-13/h3-5,7-8,11,15H,2,6,9-10,12H2,1H3. The van der Waals surface area contributed by atoms with Crippen molar-refractivity contribution in [3.05, 3.63) is 47.8 Å². The van der Waals surface area contributed by atoms with Gasteiger partial charge in [0.05, 0.1) is 17.9 Å². The van der Waals surface area contributed by atoms with Crippen molar-refractivity contribution in [3.63, 3.8) is 0 Å². The van der Waals surface area contributed by atoms with E-state index < -0.39 is 0 Å². The van der Waals surface area contributed by atoms with Gasteiger partial charge in [0.2, 0.25) is 0 Å². The summed E-state index contributed by atoms with van der Waals surface area (Å²) in [6, 6.07) is 10.7. The fourth-order valence-corrected chi connectivity index (χ4v) is 3.56. The van der Waals surface area contributed by atoms with E-state index in [1.807, 2.05) is 24.0 Å². The van der Waals surface area contributed by atoms with Crippen LogP contribution in [0.15, 0.2) is 36.5 Å². The maximum absolute atomic E-state index is 4.78. The lowest BCUT2D eigenvalue weighted by molar-refractivity contribution is 0.574. The van der Waals surface area contributed by atoms with Crippen LogP contribution in [0, 0.1) is 0 Å². The van der Waals surface area contributed by atoms with Crippen molar-refractivity contribution in [1.29, 1.82) is 0 Å². The lowest BCUT2D eigenvalue weighted by Gasteiger charge is -2.22. The summed E-state index contributed by atoms with van der Waals surface area (Å²) in [6.45, 7) is 3.19. The molecule has 0 amide bonds. The molecule has 2 aromatic rings. The number of para-hydroxylation sites is 1. The molecule has 1 aliphatic rings. The Bertz CT molecular complexity index is 544. The van der Waals surface area contributed by atoms with E-state index in [0.717, 1.165) is 36.6 Å². The minimum atomic E-state index is 0.327. The van der Waals surface area contributed by atoms with Crippen LogP contribution in [0.1, 0.15) is 30.6 Å². The van der Waals surface area contributed by atoms with E-state index in [9.17, 15) is 0 Å². The van der Waals surface area contributed by atoms with Gasteiger partial charge in [-0.25, -0.2) is 10.00 Å². The number of rotatable bonds is 4. The minimum absolute atomic E-state index is 0.327.